The first-order chi connectivity index (χ1) is 12.6. The van der Waals surface area contributed by atoms with Crippen LogP contribution in [0, 0.1) is 6.92 Å². The summed E-state index contributed by atoms with van der Waals surface area (Å²) < 4.78 is 12.7. The highest BCUT2D eigenvalue weighted by Gasteiger charge is 2.14. The first-order valence-corrected chi connectivity index (χ1v) is 8.19. The fraction of sp³-hybridized carbons (Fsp3) is 0.158. The van der Waals surface area contributed by atoms with E-state index in [1.807, 2.05) is 35.9 Å². The lowest BCUT2D eigenvalue weighted by Gasteiger charge is -2.01. The summed E-state index contributed by atoms with van der Waals surface area (Å²) in [6, 6.07) is 9.09. The quantitative estimate of drug-likeness (QED) is 0.524. The lowest BCUT2D eigenvalue weighted by Crippen LogP contribution is -2.06. The predicted octanol–water partition coefficient (Wildman–Crippen LogP) is 3.56. The van der Waals surface area contributed by atoms with Gasteiger partial charge in [-0.05, 0) is 44.2 Å². The fourth-order valence-electron chi connectivity index (χ4n) is 2.64. The van der Waals surface area contributed by atoms with Gasteiger partial charge >= 0.3 is 5.97 Å². The van der Waals surface area contributed by atoms with Gasteiger partial charge in [0.25, 0.3) is 0 Å². The monoisotopic (exact) mass is 348 g/mol. The number of hydrogen-bond acceptors (Lipinski definition) is 6. The number of esters is 1. The van der Waals surface area contributed by atoms with E-state index in [1.54, 1.807) is 25.4 Å². The average Bonchev–Trinajstić information content (AvgIpc) is 3.27. The molecule has 0 N–H and O–H groups in total. The molecule has 0 saturated carbocycles. The fourth-order valence-corrected chi connectivity index (χ4v) is 2.64. The van der Waals surface area contributed by atoms with Gasteiger partial charge < -0.3 is 13.7 Å². The van der Waals surface area contributed by atoms with E-state index in [9.17, 15) is 4.79 Å². The average molecular weight is 348 g/mol. The highest BCUT2D eigenvalue weighted by molar-refractivity contribution is 5.88. The van der Waals surface area contributed by atoms with Gasteiger partial charge in [-0.2, -0.15) is 0 Å². The van der Waals surface area contributed by atoms with Crippen molar-refractivity contribution in [2.24, 2.45) is 0 Å². The zero-order valence-corrected chi connectivity index (χ0v) is 14.3. The molecule has 7 heteroatoms. The van der Waals surface area contributed by atoms with Crippen molar-refractivity contribution >= 4 is 17.1 Å². The number of hydrogen-bond donors (Lipinski definition) is 0. The number of rotatable bonds is 4. The largest absolute Gasteiger partial charge is 0.461 e. The lowest BCUT2D eigenvalue weighted by atomic mass is 10.2. The van der Waals surface area contributed by atoms with Crippen molar-refractivity contribution in [2.45, 2.75) is 13.8 Å². The molecule has 0 saturated heterocycles. The zero-order chi connectivity index (χ0) is 18.1. The van der Waals surface area contributed by atoms with E-state index in [0.29, 0.717) is 23.6 Å². The third kappa shape index (κ3) is 2.95. The minimum absolute atomic E-state index is 0.223. The SMILES string of the molecule is CCOC(=O)c1cc(-c2nc3cc(-n4cnc(C)c4)ccc3o2)ccn1. The number of imidazole rings is 1. The molecular formula is C19H16N4O3. The van der Waals surface area contributed by atoms with E-state index >= 15 is 0 Å². The Kier molecular flexibility index (Phi) is 3.96. The van der Waals surface area contributed by atoms with Crippen LogP contribution in [0.25, 0.3) is 28.2 Å². The maximum atomic E-state index is 11.9. The van der Waals surface area contributed by atoms with Gasteiger partial charge in [0, 0.05) is 23.6 Å². The molecule has 0 bridgehead atoms. The van der Waals surface area contributed by atoms with Crippen LogP contribution in [0.15, 0.2) is 53.5 Å². The van der Waals surface area contributed by atoms with Crippen molar-refractivity contribution in [3.63, 3.8) is 0 Å². The molecular weight excluding hydrogens is 332 g/mol. The van der Waals surface area contributed by atoms with Crippen LogP contribution in [0.4, 0.5) is 0 Å². The highest BCUT2D eigenvalue weighted by Crippen LogP contribution is 2.26. The zero-order valence-electron chi connectivity index (χ0n) is 14.3. The molecule has 0 unspecified atom stereocenters. The summed E-state index contributed by atoms with van der Waals surface area (Å²) in [5.41, 5.74) is 4.16. The van der Waals surface area contributed by atoms with Crippen molar-refractivity contribution in [3.05, 3.63) is 60.4 Å². The highest BCUT2D eigenvalue weighted by atomic mass is 16.5. The van der Waals surface area contributed by atoms with Gasteiger partial charge in [-0.1, -0.05) is 0 Å². The Balaban J connectivity index is 1.71. The summed E-state index contributed by atoms with van der Waals surface area (Å²) in [5.74, 6) is -0.0462. The molecule has 1 aromatic carbocycles. The molecule has 0 spiro atoms. The Labute approximate surface area is 149 Å². The Bertz CT molecular complexity index is 1100. The maximum absolute atomic E-state index is 11.9. The number of ether oxygens (including phenoxy) is 1. The van der Waals surface area contributed by atoms with Gasteiger partial charge in [-0.15, -0.1) is 0 Å². The summed E-state index contributed by atoms with van der Waals surface area (Å²) >= 11 is 0. The lowest BCUT2D eigenvalue weighted by molar-refractivity contribution is 0.0519. The summed E-state index contributed by atoms with van der Waals surface area (Å²) in [7, 11) is 0. The Morgan fingerprint density at radius 1 is 1.23 bits per heavy atom. The van der Waals surface area contributed by atoms with Crippen LogP contribution in [0.2, 0.25) is 0 Å². The van der Waals surface area contributed by atoms with Gasteiger partial charge in [-0.25, -0.2) is 19.7 Å². The van der Waals surface area contributed by atoms with Gasteiger partial charge in [0.15, 0.2) is 5.58 Å². The molecule has 130 valence electrons. The van der Waals surface area contributed by atoms with E-state index in [4.69, 9.17) is 9.15 Å². The van der Waals surface area contributed by atoms with Crippen molar-refractivity contribution in [2.75, 3.05) is 6.61 Å². The van der Waals surface area contributed by atoms with E-state index in [2.05, 4.69) is 15.0 Å². The van der Waals surface area contributed by atoms with Crippen molar-refractivity contribution in [1.29, 1.82) is 0 Å². The third-order valence-electron chi connectivity index (χ3n) is 3.87. The maximum Gasteiger partial charge on any atom is 0.356 e. The molecule has 0 aliphatic heterocycles. The molecule has 3 heterocycles. The number of fused-ring (bicyclic) bond motifs is 1. The van der Waals surface area contributed by atoms with Crippen molar-refractivity contribution < 1.29 is 13.9 Å². The molecule has 0 atom stereocenters. The smallest absolute Gasteiger partial charge is 0.356 e. The predicted molar refractivity (Wildman–Crippen MR) is 95.1 cm³/mol. The van der Waals surface area contributed by atoms with Crippen LogP contribution in [-0.2, 0) is 4.74 Å². The first-order valence-electron chi connectivity index (χ1n) is 8.19. The molecule has 0 radical (unpaired) electrons. The van der Waals surface area contributed by atoms with Crippen LogP contribution in [0.3, 0.4) is 0 Å². The second-order valence-electron chi connectivity index (χ2n) is 5.74. The summed E-state index contributed by atoms with van der Waals surface area (Å²) in [5, 5.41) is 0. The summed E-state index contributed by atoms with van der Waals surface area (Å²) in [6.07, 6.45) is 5.23. The molecule has 0 aliphatic carbocycles. The van der Waals surface area contributed by atoms with Gasteiger partial charge in [0.1, 0.15) is 11.2 Å². The van der Waals surface area contributed by atoms with Crippen LogP contribution in [0.5, 0.6) is 0 Å². The third-order valence-corrected chi connectivity index (χ3v) is 3.87. The number of oxazole rings is 1. The summed E-state index contributed by atoms with van der Waals surface area (Å²) in [4.78, 5) is 24.7. The Morgan fingerprint density at radius 2 is 2.12 bits per heavy atom. The van der Waals surface area contributed by atoms with E-state index < -0.39 is 5.97 Å². The van der Waals surface area contributed by atoms with E-state index in [1.165, 1.54) is 6.20 Å². The topological polar surface area (TPSA) is 83.0 Å². The number of aromatic nitrogens is 4. The molecule has 0 amide bonds. The molecule has 7 nitrogen and oxygen atoms in total. The first kappa shape index (κ1) is 16.0. The molecule has 4 rings (SSSR count). The van der Waals surface area contributed by atoms with Gasteiger partial charge in [-0.3, -0.25) is 0 Å². The number of carbonyl (C=O) groups is 1. The summed E-state index contributed by atoms with van der Waals surface area (Å²) in [6.45, 7) is 3.99. The number of benzene rings is 1. The minimum atomic E-state index is -0.469. The standard InChI is InChI=1S/C19H16N4O3/c1-3-25-19(24)16-8-13(6-7-20-16)18-22-15-9-14(4-5-17(15)26-18)23-10-12(2)21-11-23/h4-11H,3H2,1-2H3. The van der Waals surface area contributed by atoms with Crippen LogP contribution in [-0.4, -0.2) is 32.1 Å². The second-order valence-corrected chi connectivity index (χ2v) is 5.74. The van der Waals surface area contributed by atoms with Crippen molar-refractivity contribution in [1.82, 2.24) is 19.5 Å². The minimum Gasteiger partial charge on any atom is -0.461 e. The molecule has 0 aliphatic rings. The van der Waals surface area contributed by atoms with Crippen LogP contribution >= 0.6 is 0 Å². The van der Waals surface area contributed by atoms with Crippen LogP contribution in [0.1, 0.15) is 23.1 Å². The number of aryl methyl sites for hydroxylation is 1. The second kappa shape index (κ2) is 6.44. The van der Waals surface area contributed by atoms with E-state index in [-0.39, 0.29) is 5.69 Å². The number of carbonyl (C=O) groups excluding carboxylic acids is 1. The Morgan fingerprint density at radius 3 is 2.88 bits per heavy atom. The molecule has 0 fully saturated rings. The molecule has 3 aromatic heterocycles. The molecule has 26 heavy (non-hydrogen) atoms. The normalized spacial score (nSPS) is 11.0. The number of nitrogens with zero attached hydrogens (tertiary/aromatic N) is 4. The molecule has 4 aromatic rings. The van der Waals surface area contributed by atoms with E-state index in [0.717, 1.165) is 16.9 Å². The van der Waals surface area contributed by atoms with Crippen molar-refractivity contribution in [3.8, 4) is 17.1 Å². The Hall–Kier alpha value is -3.48. The van der Waals surface area contributed by atoms with Crippen LogP contribution < -0.4 is 0 Å². The van der Waals surface area contributed by atoms with Gasteiger partial charge in [0.2, 0.25) is 5.89 Å². The number of pyridine rings is 1. The van der Waals surface area contributed by atoms with Gasteiger partial charge in [0.05, 0.1) is 18.6 Å².